The number of hydrogen-bond acceptors (Lipinski definition) is 12. The SMILES string of the molecule is CC(=O)OC(C(=O)Nc1ccc2c(N3C(=O)c4ccccc4C3=O)nsc2c1C(N)=O)[C@H]1OCCN(c2cccc(C(C)(O)C(F)(F)F)n2)C1=O. The molecule has 0 bridgehead atoms. The number of pyridine rings is 1. The van der Waals surface area contributed by atoms with Crippen LogP contribution in [0, 0.1) is 0 Å². The maximum absolute atomic E-state index is 13.7. The van der Waals surface area contributed by atoms with E-state index in [9.17, 15) is 47.0 Å². The molecule has 0 spiro atoms. The number of ether oxygens (including phenoxy) is 2. The van der Waals surface area contributed by atoms with Gasteiger partial charge in [-0.05, 0) is 54.9 Å². The van der Waals surface area contributed by atoms with Gasteiger partial charge in [-0.15, -0.1) is 0 Å². The van der Waals surface area contributed by atoms with Gasteiger partial charge in [0, 0.05) is 12.3 Å². The second-order valence-electron chi connectivity index (χ2n) is 11.5. The smallest absolute Gasteiger partial charge is 0.422 e. The molecule has 0 radical (unpaired) electrons. The molecule has 4 N–H and O–H groups in total. The molecular formula is C32H25F3N6O9S. The normalized spacial score (nSPS) is 18.0. The molecule has 0 saturated carbocycles. The summed E-state index contributed by atoms with van der Waals surface area (Å²) >= 11 is 0.715. The summed E-state index contributed by atoms with van der Waals surface area (Å²) in [7, 11) is 0. The molecule has 4 heterocycles. The summed E-state index contributed by atoms with van der Waals surface area (Å²) in [5.74, 6) is -5.88. The number of nitrogens with two attached hydrogens (primary N) is 1. The van der Waals surface area contributed by atoms with Crippen LogP contribution in [-0.2, 0) is 29.5 Å². The lowest BCUT2D eigenvalue weighted by molar-refractivity contribution is -0.260. The van der Waals surface area contributed by atoms with Crippen LogP contribution in [0.3, 0.4) is 0 Å². The van der Waals surface area contributed by atoms with Crippen molar-refractivity contribution >= 4 is 74.4 Å². The summed E-state index contributed by atoms with van der Waals surface area (Å²) in [6.07, 6.45) is -8.93. The highest BCUT2D eigenvalue weighted by molar-refractivity contribution is 7.14. The number of carbonyl (C=O) groups excluding carboxylic acids is 6. The third-order valence-corrected chi connectivity index (χ3v) is 9.01. The van der Waals surface area contributed by atoms with Crippen LogP contribution in [0.4, 0.5) is 30.5 Å². The molecule has 19 heteroatoms. The topological polar surface area (TPSA) is 211 Å². The van der Waals surface area contributed by atoms with Gasteiger partial charge in [-0.3, -0.25) is 33.7 Å². The molecule has 5 amide bonds. The minimum absolute atomic E-state index is 0.0740. The highest BCUT2D eigenvalue weighted by atomic mass is 32.1. The number of benzene rings is 2. The third-order valence-electron chi connectivity index (χ3n) is 8.14. The number of morpholine rings is 1. The number of carbonyl (C=O) groups is 6. The minimum atomic E-state index is -5.10. The number of anilines is 3. The highest BCUT2D eigenvalue weighted by Gasteiger charge is 2.53. The number of alkyl halides is 3. The average Bonchev–Trinajstić information content (AvgIpc) is 3.60. The van der Waals surface area contributed by atoms with E-state index in [0.717, 1.165) is 28.9 Å². The van der Waals surface area contributed by atoms with Crippen molar-refractivity contribution < 1.29 is 56.5 Å². The van der Waals surface area contributed by atoms with Crippen molar-refractivity contribution in [3.8, 4) is 0 Å². The maximum Gasteiger partial charge on any atom is 0.422 e. The molecule has 4 aromatic rings. The zero-order chi connectivity index (χ0) is 37.0. The molecule has 15 nitrogen and oxygen atoms in total. The van der Waals surface area contributed by atoms with Gasteiger partial charge in [0.25, 0.3) is 29.5 Å². The van der Waals surface area contributed by atoms with Gasteiger partial charge in [0.2, 0.25) is 6.10 Å². The lowest BCUT2D eigenvalue weighted by atomic mass is 10.0. The summed E-state index contributed by atoms with van der Waals surface area (Å²) < 4.78 is 55.5. The predicted molar refractivity (Wildman–Crippen MR) is 172 cm³/mol. The molecule has 3 atom stereocenters. The van der Waals surface area contributed by atoms with E-state index in [1.54, 1.807) is 12.1 Å². The Morgan fingerprint density at radius 2 is 1.73 bits per heavy atom. The summed E-state index contributed by atoms with van der Waals surface area (Å²) in [5, 5.41) is 12.7. The third kappa shape index (κ3) is 6.04. The number of hydrogen-bond donors (Lipinski definition) is 3. The maximum atomic E-state index is 13.7. The largest absolute Gasteiger partial charge is 0.449 e. The zero-order valence-electron chi connectivity index (χ0n) is 26.4. The molecule has 6 rings (SSSR count). The van der Waals surface area contributed by atoms with Crippen LogP contribution in [0.25, 0.3) is 10.1 Å². The van der Waals surface area contributed by atoms with E-state index < -0.39 is 65.2 Å². The number of imide groups is 1. The van der Waals surface area contributed by atoms with Gasteiger partial charge in [-0.1, -0.05) is 18.2 Å². The summed E-state index contributed by atoms with van der Waals surface area (Å²) in [6, 6.07) is 12.0. The van der Waals surface area contributed by atoms with E-state index in [-0.39, 0.29) is 57.3 Å². The van der Waals surface area contributed by atoms with Crippen molar-refractivity contribution in [2.75, 3.05) is 28.3 Å². The zero-order valence-corrected chi connectivity index (χ0v) is 27.2. The van der Waals surface area contributed by atoms with E-state index in [2.05, 4.69) is 14.7 Å². The summed E-state index contributed by atoms with van der Waals surface area (Å²) in [4.78, 5) is 84.0. The van der Waals surface area contributed by atoms with E-state index in [1.807, 2.05) is 0 Å². The highest BCUT2D eigenvalue weighted by Crippen LogP contribution is 2.40. The van der Waals surface area contributed by atoms with Crippen molar-refractivity contribution in [1.82, 2.24) is 9.36 Å². The van der Waals surface area contributed by atoms with Gasteiger partial charge in [-0.25, -0.2) is 9.88 Å². The Balaban J connectivity index is 1.30. The molecule has 264 valence electrons. The quantitative estimate of drug-likeness (QED) is 0.177. The first-order valence-corrected chi connectivity index (χ1v) is 15.7. The van der Waals surface area contributed by atoms with E-state index >= 15 is 0 Å². The van der Waals surface area contributed by atoms with Gasteiger partial charge in [0.1, 0.15) is 5.82 Å². The first-order chi connectivity index (χ1) is 24.0. The second-order valence-corrected chi connectivity index (χ2v) is 12.3. The van der Waals surface area contributed by atoms with Crippen LogP contribution in [-0.4, -0.2) is 81.5 Å². The molecule has 0 aliphatic carbocycles. The van der Waals surface area contributed by atoms with Crippen LogP contribution in [0.15, 0.2) is 54.6 Å². The Morgan fingerprint density at radius 3 is 2.33 bits per heavy atom. The number of fused-ring (bicyclic) bond motifs is 2. The monoisotopic (exact) mass is 726 g/mol. The van der Waals surface area contributed by atoms with Crippen molar-refractivity contribution in [1.29, 1.82) is 0 Å². The second kappa shape index (κ2) is 12.8. The van der Waals surface area contributed by atoms with Crippen LogP contribution in [0.1, 0.15) is 50.6 Å². The number of halogens is 3. The van der Waals surface area contributed by atoms with Crippen LogP contribution in [0.5, 0.6) is 0 Å². The van der Waals surface area contributed by atoms with Gasteiger partial charge >= 0.3 is 12.1 Å². The fourth-order valence-electron chi connectivity index (χ4n) is 5.56. The minimum Gasteiger partial charge on any atom is -0.449 e. The number of amides is 5. The molecule has 1 fully saturated rings. The molecule has 2 aromatic carbocycles. The molecule has 2 aliphatic rings. The predicted octanol–water partition coefficient (Wildman–Crippen LogP) is 2.66. The number of aliphatic hydroxyl groups is 1. The van der Waals surface area contributed by atoms with Crippen LogP contribution in [0.2, 0.25) is 0 Å². The first-order valence-electron chi connectivity index (χ1n) is 14.9. The Kier molecular flexibility index (Phi) is 8.82. The summed E-state index contributed by atoms with van der Waals surface area (Å²) in [6.45, 7) is 0.953. The van der Waals surface area contributed by atoms with Crippen molar-refractivity contribution in [3.05, 3.63) is 77.0 Å². The van der Waals surface area contributed by atoms with Gasteiger partial charge in [0.15, 0.2) is 17.5 Å². The van der Waals surface area contributed by atoms with E-state index in [0.29, 0.717) is 18.5 Å². The van der Waals surface area contributed by atoms with Crippen LogP contribution >= 0.6 is 11.5 Å². The number of esters is 1. The van der Waals surface area contributed by atoms with Gasteiger partial charge < -0.3 is 25.6 Å². The Morgan fingerprint density at radius 1 is 1.06 bits per heavy atom. The lowest BCUT2D eigenvalue weighted by Gasteiger charge is -2.35. The molecule has 2 aliphatic heterocycles. The number of primary amides is 1. The standard InChI is InChI=1S/C32H25F3N6O9S/c1-14(42)50-22(23-30(47)40(12-13-49-23)20-9-5-8-19(38-20)31(2,48)32(33,34)35)27(44)37-18-11-10-17-24(21(18)25(36)43)51-39-26(17)41-28(45)15-6-3-4-7-16(15)29(41)46/h3-11,22-23,48H,12-13H2,1-2H3,(H2,36,43)(H,37,44)/t22?,23-,31?/m1/s1. The molecule has 2 unspecified atom stereocenters. The molecule has 1 saturated heterocycles. The number of nitrogens with zero attached hydrogens (tertiary/aromatic N) is 4. The molecule has 2 aromatic heterocycles. The number of aromatic nitrogens is 2. The fraction of sp³-hybridized carbons (Fsp3) is 0.250. The average molecular weight is 727 g/mol. The van der Waals surface area contributed by atoms with Gasteiger partial charge in [-0.2, -0.15) is 17.5 Å². The van der Waals surface area contributed by atoms with Crippen molar-refractivity contribution in [2.24, 2.45) is 5.73 Å². The van der Waals surface area contributed by atoms with E-state index in [1.165, 1.54) is 30.3 Å². The van der Waals surface area contributed by atoms with Crippen molar-refractivity contribution in [2.45, 2.75) is 37.8 Å². The number of rotatable bonds is 8. The number of nitrogens with one attached hydrogen (secondary N) is 1. The van der Waals surface area contributed by atoms with E-state index in [4.69, 9.17) is 15.2 Å². The van der Waals surface area contributed by atoms with Crippen molar-refractivity contribution in [3.63, 3.8) is 0 Å². The lowest BCUT2D eigenvalue weighted by Crippen LogP contribution is -2.57. The molecule has 51 heavy (non-hydrogen) atoms. The first kappa shape index (κ1) is 35.1. The van der Waals surface area contributed by atoms with Gasteiger partial charge in [0.05, 0.1) is 45.9 Å². The fourth-order valence-corrected chi connectivity index (χ4v) is 6.48. The summed E-state index contributed by atoms with van der Waals surface area (Å²) in [5.41, 5.74) is 1.36. The van der Waals surface area contributed by atoms with Crippen LogP contribution < -0.4 is 20.9 Å². The Hall–Kier alpha value is -5.79. The Bertz CT molecular complexity index is 2120. The Labute approximate surface area is 288 Å². The molecular weight excluding hydrogens is 701 g/mol.